The molecule has 2 rings (SSSR count). The standard InChI is InChI=1S/C16H18N2O4S/c1-11(2)13-5-7-14(8-6-13)23(21,22)17-15-9-4-12(3)10-16(15)18(19)20/h4-11,17H,1-3H3. The minimum absolute atomic E-state index is 0.0477. The van der Waals surface area contributed by atoms with E-state index in [4.69, 9.17) is 0 Å². The van der Waals surface area contributed by atoms with E-state index in [9.17, 15) is 18.5 Å². The summed E-state index contributed by atoms with van der Waals surface area (Å²) in [6.07, 6.45) is 0. The van der Waals surface area contributed by atoms with Gasteiger partial charge in [-0.05, 0) is 42.2 Å². The summed E-state index contributed by atoms with van der Waals surface area (Å²) in [5, 5.41) is 11.1. The molecule has 0 spiro atoms. The second-order valence-corrected chi connectivity index (χ2v) is 7.29. The van der Waals surface area contributed by atoms with Gasteiger partial charge in [0.05, 0.1) is 9.82 Å². The fraction of sp³-hybridized carbons (Fsp3) is 0.250. The van der Waals surface area contributed by atoms with E-state index in [1.165, 1.54) is 24.3 Å². The third-order valence-electron chi connectivity index (χ3n) is 3.45. The van der Waals surface area contributed by atoms with Crippen molar-refractivity contribution in [2.75, 3.05) is 4.72 Å². The predicted molar refractivity (Wildman–Crippen MR) is 89.2 cm³/mol. The van der Waals surface area contributed by atoms with Crippen LogP contribution >= 0.6 is 0 Å². The Balaban J connectivity index is 2.37. The van der Waals surface area contributed by atoms with Gasteiger partial charge >= 0.3 is 0 Å². The molecule has 0 saturated carbocycles. The molecule has 0 unspecified atom stereocenters. The van der Waals surface area contributed by atoms with E-state index in [1.807, 2.05) is 13.8 Å². The van der Waals surface area contributed by atoms with Gasteiger partial charge < -0.3 is 0 Å². The number of nitro benzene ring substituents is 1. The number of sulfonamides is 1. The second kappa shape index (κ2) is 6.37. The van der Waals surface area contributed by atoms with Crippen LogP contribution < -0.4 is 4.72 Å². The molecule has 6 nitrogen and oxygen atoms in total. The van der Waals surface area contributed by atoms with Crippen LogP contribution in [-0.4, -0.2) is 13.3 Å². The molecule has 0 aliphatic heterocycles. The van der Waals surface area contributed by atoms with Crippen LogP contribution in [0.2, 0.25) is 0 Å². The highest BCUT2D eigenvalue weighted by Crippen LogP contribution is 2.28. The highest BCUT2D eigenvalue weighted by molar-refractivity contribution is 7.92. The van der Waals surface area contributed by atoms with Crippen LogP contribution in [0.25, 0.3) is 0 Å². The summed E-state index contributed by atoms with van der Waals surface area (Å²) in [4.78, 5) is 10.5. The number of aryl methyl sites for hydroxylation is 1. The van der Waals surface area contributed by atoms with E-state index in [0.29, 0.717) is 5.56 Å². The van der Waals surface area contributed by atoms with E-state index in [2.05, 4.69) is 4.72 Å². The number of nitrogens with one attached hydrogen (secondary N) is 1. The van der Waals surface area contributed by atoms with Crippen LogP contribution in [0.15, 0.2) is 47.4 Å². The maximum atomic E-state index is 12.4. The summed E-state index contributed by atoms with van der Waals surface area (Å²) in [6.45, 7) is 5.73. The first-order valence-corrected chi connectivity index (χ1v) is 8.57. The Morgan fingerprint density at radius 1 is 1.09 bits per heavy atom. The van der Waals surface area contributed by atoms with Crippen molar-refractivity contribution in [2.24, 2.45) is 0 Å². The molecular weight excluding hydrogens is 316 g/mol. The molecule has 7 heteroatoms. The Hall–Kier alpha value is -2.41. The van der Waals surface area contributed by atoms with Gasteiger partial charge in [0, 0.05) is 6.07 Å². The van der Waals surface area contributed by atoms with Gasteiger partial charge in [-0.3, -0.25) is 14.8 Å². The SMILES string of the molecule is Cc1ccc(NS(=O)(=O)c2ccc(C(C)C)cc2)c([N+](=O)[O-])c1. The van der Waals surface area contributed by atoms with Gasteiger partial charge in [-0.1, -0.05) is 32.0 Å². The maximum absolute atomic E-state index is 12.4. The predicted octanol–water partition coefficient (Wildman–Crippen LogP) is 3.83. The molecule has 0 aliphatic carbocycles. The third-order valence-corrected chi connectivity index (χ3v) is 4.83. The van der Waals surface area contributed by atoms with Crippen LogP contribution in [0.4, 0.5) is 11.4 Å². The molecule has 0 saturated heterocycles. The average molecular weight is 334 g/mol. The van der Waals surface area contributed by atoms with Gasteiger partial charge in [-0.2, -0.15) is 0 Å². The third kappa shape index (κ3) is 3.87. The van der Waals surface area contributed by atoms with Crippen molar-refractivity contribution in [3.05, 3.63) is 63.7 Å². The molecule has 23 heavy (non-hydrogen) atoms. The lowest BCUT2D eigenvalue weighted by molar-refractivity contribution is -0.383. The smallest absolute Gasteiger partial charge is 0.273 e. The summed E-state index contributed by atoms with van der Waals surface area (Å²) in [5.74, 6) is 0.290. The molecule has 2 aromatic carbocycles. The Bertz CT molecular complexity index is 828. The number of anilines is 1. The number of hydrogen-bond acceptors (Lipinski definition) is 4. The van der Waals surface area contributed by atoms with E-state index in [0.717, 1.165) is 5.56 Å². The quantitative estimate of drug-likeness (QED) is 0.665. The molecule has 0 atom stereocenters. The Morgan fingerprint density at radius 3 is 2.22 bits per heavy atom. The zero-order valence-corrected chi connectivity index (χ0v) is 13.9. The summed E-state index contributed by atoms with van der Waals surface area (Å²) < 4.78 is 27.1. The average Bonchev–Trinajstić information content (AvgIpc) is 2.48. The number of nitro groups is 1. The fourth-order valence-electron chi connectivity index (χ4n) is 2.11. The lowest BCUT2D eigenvalue weighted by atomic mass is 10.0. The van der Waals surface area contributed by atoms with Crippen LogP contribution in [-0.2, 0) is 10.0 Å². The first kappa shape index (κ1) is 17.0. The minimum Gasteiger partial charge on any atom is -0.273 e. The summed E-state index contributed by atoms with van der Waals surface area (Å²) >= 11 is 0. The van der Waals surface area contributed by atoms with E-state index >= 15 is 0 Å². The molecule has 2 aromatic rings. The Labute approximate surface area is 135 Å². The van der Waals surface area contributed by atoms with E-state index < -0.39 is 14.9 Å². The summed E-state index contributed by atoms with van der Waals surface area (Å²) in [5.41, 5.74) is 1.38. The molecule has 1 N–H and O–H groups in total. The molecule has 0 aliphatic rings. The van der Waals surface area contributed by atoms with Gasteiger partial charge in [0.25, 0.3) is 15.7 Å². The lowest BCUT2D eigenvalue weighted by Gasteiger charge is -2.10. The van der Waals surface area contributed by atoms with Gasteiger partial charge in [0.2, 0.25) is 0 Å². The van der Waals surface area contributed by atoms with E-state index in [1.54, 1.807) is 25.1 Å². The topological polar surface area (TPSA) is 89.3 Å². The molecular formula is C16H18N2O4S. The Kier molecular flexibility index (Phi) is 4.70. The summed E-state index contributed by atoms with van der Waals surface area (Å²) in [6, 6.07) is 10.8. The second-order valence-electron chi connectivity index (χ2n) is 5.61. The van der Waals surface area contributed by atoms with Gasteiger partial charge in [0.1, 0.15) is 5.69 Å². The zero-order chi connectivity index (χ0) is 17.2. The Morgan fingerprint density at radius 2 is 1.70 bits per heavy atom. The van der Waals surface area contributed by atoms with Crippen LogP contribution in [0, 0.1) is 17.0 Å². The molecule has 0 heterocycles. The lowest BCUT2D eigenvalue weighted by Crippen LogP contribution is -2.14. The fourth-order valence-corrected chi connectivity index (χ4v) is 3.19. The van der Waals surface area contributed by atoms with Gasteiger partial charge in [-0.25, -0.2) is 8.42 Å². The largest absolute Gasteiger partial charge is 0.293 e. The summed E-state index contributed by atoms with van der Waals surface area (Å²) in [7, 11) is -3.88. The van der Waals surface area contributed by atoms with Crippen LogP contribution in [0.1, 0.15) is 30.9 Å². The number of nitrogens with zero attached hydrogens (tertiary/aromatic N) is 1. The van der Waals surface area contributed by atoms with Gasteiger partial charge in [0.15, 0.2) is 0 Å². The van der Waals surface area contributed by atoms with Crippen molar-refractivity contribution in [3.63, 3.8) is 0 Å². The molecule has 0 radical (unpaired) electrons. The van der Waals surface area contributed by atoms with Gasteiger partial charge in [-0.15, -0.1) is 0 Å². The molecule has 0 aromatic heterocycles. The van der Waals surface area contributed by atoms with Crippen molar-refractivity contribution < 1.29 is 13.3 Å². The highest BCUT2D eigenvalue weighted by atomic mass is 32.2. The number of rotatable bonds is 5. The number of hydrogen-bond donors (Lipinski definition) is 1. The molecule has 0 bridgehead atoms. The highest BCUT2D eigenvalue weighted by Gasteiger charge is 2.21. The van der Waals surface area contributed by atoms with Crippen molar-refractivity contribution >= 4 is 21.4 Å². The van der Waals surface area contributed by atoms with Crippen molar-refractivity contribution in [3.8, 4) is 0 Å². The van der Waals surface area contributed by atoms with Crippen molar-refractivity contribution in [1.29, 1.82) is 0 Å². The van der Waals surface area contributed by atoms with E-state index in [-0.39, 0.29) is 22.2 Å². The molecule has 0 fully saturated rings. The van der Waals surface area contributed by atoms with Crippen LogP contribution in [0.5, 0.6) is 0 Å². The normalized spacial score (nSPS) is 11.5. The van der Waals surface area contributed by atoms with Crippen molar-refractivity contribution in [2.45, 2.75) is 31.6 Å². The first-order chi connectivity index (χ1) is 10.7. The van der Waals surface area contributed by atoms with Crippen LogP contribution in [0.3, 0.4) is 0 Å². The zero-order valence-electron chi connectivity index (χ0n) is 13.1. The molecule has 0 amide bonds. The maximum Gasteiger partial charge on any atom is 0.293 e. The monoisotopic (exact) mass is 334 g/mol. The molecule has 122 valence electrons. The first-order valence-electron chi connectivity index (χ1n) is 7.08. The van der Waals surface area contributed by atoms with Crippen molar-refractivity contribution in [1.82, 2.24) is 0 Å². The number of benzene rings is 2. The minimum atomic E-state index is -3.88.